The lowest BCUT2D eigenvalue weighted by Crippen LogP contribution is -2.39. The van der Waals surface area contributed by atoms with Gasteiger partial charge in [-0.3, -0.25) is 9.36 Å². The Morgan fingerprint density at radius 3 is 2.83 bits per heavy atom. The van der Waals surface area contributed by atoms with Crippen molar-refractivity contribution in [1.29, 1.82) is 0 Å². The minimum absolute atomic E-state index is 0.0335. The lowest BCUT2D eigenvalue weighted by molar-refractivity contribution is 0.0598. The van der Waals surface area contributed by atoms with E-state index in [1.807, 2.05) is 56.6 Å². The number of nitrogens with zero attached hydrogens (tertiary/aromatic N) is 4. The SMILES string of the molecule is O=C(c1ccsc1)N1CCCC[C@@H]1c1nncn1-c1ccccc1. The number of carbonyl (C=O) groups is 1. The van der Waals surface area contributed by atoms with Gasteiger partial charge in [-0.05, 0) is 42.8 Å². The average Bonchev–Trinajstić information content (AvgIpc) is 3.33. The quantitative estimate of drug-likeness (QED) is 0.732. The standard InChI is InChI=1S/C18H18N4OS/c23-18(14-9-11-24-12-14)21-10-5-4-8-16(21)17-20-19-13-22(17)15-6-2-1-3-7-15/h1-3,6-7,9,11-13,16H,4-5,8,10H2/t16-/m1/s1. The number of aromatic nitrogens is 3. The van der Waals surface area contributed by atoms with Crippen molar-refractivity contribution in [2.75, 3.05) is 6.54 Å². The first-order valence-electron chi connectivity index (χ1n) is 8.13. The highest BCUT2D eigenvalue weighted by atomic mass is 32.1. The van der Waals surface area contributed by atoms with Gasteiger partial charge in [0.1, 0.15) is 6.33 Å². The number of hydrogen-bond donors (Lipinski definition) is 0. The first-order chi connectivity index (χ1) is 11.8. The van der Waals surface area contributed by atoms with Crippen molar-refractivity contribution in [3.8, 4) is 5.69 Å². The Kier molecular flexibility index (Phi) is 4.13. The number of thiophene rings is 1. The van der Waals surface area contributed by atoms with Crippen LogP contribution >= 0.6 is 11.3 Å². The summed E-state index contributed by atoms with van der Waals surface area (Å²) in [6.07, 6.45) is 4.78. The summed E-state index contributed by atoms with van der Waals surface area (Å²) in [5.41, 5.74) is 1.78. The molecule has 3 heterocycles. The van der Waals surface area contributed by atoms with E-state index in [0.29, 0.717) is 0 Å². The fourth-order valence-electron chi connectivity index (χ4n) is 3.25. The molecule has 5 nitrogen and oxygen atoms in total. The highest BCUT2D eigenvalue weighted by Gasteiger charge is 2.32. The zero-order valence-corrected chi connectivity index (χ0v) is 14.0. The number of likely N-dealkylation sites (tertiary alicyclic amines) is 1. The summed E-state index contributed by atoms with van der Waals surface area (Å²) in [5, 5.41) is 12.3. The fraction of sp³-hybridized carbons (Fsp3) is 0.278. The van der Waals surface area contributed by atoms with Crippen LogP contribution in [0.5, 0.6) is 0 Å². The molecular weight excluding hydrogens is 320 g/mol. The summed E-state index contributed by atoms with van der Waals surface area (Å²) in [7, 11) is 0. The third-order valence-electron chi connectivity index (χ3n) is 4.44. The van der Waals surface area contributed by atoms with Gasteiger partial charge in [-0.25, -0.2) is 0 Å². The van der Waals surface area contributed by atoms with E-state index >= 15 is 0 Å². The molecule has 0 aliphatic carbocycles. The second-order valence-corrected chi connectivity index (χ2v) is 6.70. The highest BCUT2D eigenvalue weighted by Crippen LogP contribution is 2.32. The van der Waals surface area contributed by atoms with Crippen LogP contribution in [0.2, 0.25) is 0 Å². The van der Waals surface area contributed by atoms with Gasteiger partial charge >= 0.3 is 0 Å². The van der Waals surface area contributed by atoms with Gasteiger partial charge < -0.3 is 4.90 Å². The van der Waals surface area contributed by atoms with E-state index in [-0.39, 0.29) is 11.9 Å². The Morgan fingerprint density at radius 1 is 1.17 bits per heavy atom. The zero-order chi connectivity index (χ0) is 16.4. The number of piperidine rings is 1. The molecule has 0 saturated carbocycles. The average molecular weight is 338 g/mol. The van der Waals surface area contributed by atoms with Gasteiger partial charge in [0, 0.05) is 17.6 Å². The molecule has 2 aromatic heterocycles. The third kappa shape index (κ3) is 2.73. The second-order valence-electron chi connectivity index (χ2n) is 5.92. The number of para-hydroxylation sites is 1. The van der Waals surface area contributed by atoms with Gasteiger partial charge in [-0.2, -0.15) is 11.3 Å². The molecule has 1 aliphatic rings. The Morgan fingerprint density at radius 2 is 2.04 bits per heavy atom. The Labute approximate surface area is 144 Å². The largest absolute Gasteiger partial charge is 0.328 e. The molecule has 0 radical (unpaired) electrons. The number of benzene rings is 1. The lowest BCUT2D eigenvalue weighted by Gasteiger charge is -2.35. The molecular formula is C18H18N4OS. The molecule has 1 saturated heterocycles. The molecule has 3 aromatic rings. The normalized spacial score (nSPS) is 17.8. The van der Waals surface area contributed by atoms with Gasteiger partial charge in [0.2, 0.25) is 0 Å². The molecule has 1 aromatic carbocycles. The molecule has 0 bridgehead atoms. The predicted molar refractivity (Wildman–Crippen MR) is 93.3 cm³/mol. The molecule has 0 spiro atoms. The van der Waals surface area contributed by atoms with E-state index in [9.17, 15) is 4.79 Å². The number of amides is 1. The Balaban J connectivity index is 1.70. The highest BCUT2D eigenvalue weighted by molar-refractivity contribution is 7.08. The molecule has 122 valence electrons. The Hall–Kier alpha value is -2.47. The van der Waals surface area contributed by atoms with Crippen LogP contribution in [0.1, 0.15) is 41.5 Å². The van der Waals surface area contributed by atoms with E-state index in [0.717, 1.165) is 42.9 Å². The first-order valence-corrected chi connectivity index (χ1v) is 9.07. The predicted octanol–water partition coefficient (Wildman–Crippen LogP) is 3.70. The van der Waals surface area contributed by atoms with E-state index < -0.39 is 0 Å². The fourth-order valence-corrected chi connectivity index (χ4v) is 3.88. The van der Waals surface area contributed by atoms with E-state index in [1.54, 1.807) is 17.7 Å². The minimum atomic E-state index is -0.0335. The van der Waals surface area contributed by atoms with Crippen LogP contribution in [-0.4, -0.2) is 32.1 Å². The third-order valence-corrected chi connectivity index (χ3v) is 5.12. The maximum absolute atomic E-state index is 12.9. The summed E-state index contributed by atoms with van der Waals surface area (Å²) in [6, 6.07) is 11.9. The van der Waals surface area contributed by atoms with Crippen molar-refractivity contribution in [1.82, 2.24) is 19.7 Å². The summed E-state index contributed by atoms with van der Waals surface area (Å²) >= 11 is 1.55. The van der Waals surface area contributed by atoms with Crippen LogP contribution < -0.4 is 0 Å². The molecule has 6 heteroatoms. The summed E-state index contributed by atoms with van der Waals surface area (Å²) in [4.78, 5) is 14.8. The van der Waals surface area contributed by atoms with Crippen LogP contribution in [0.15, 0.2) is 53.5 Å². The Bertz CT molecular complexity index is 813. The topological polar surface area (TPSA) is 51.0 Å². The first kappa shape index (κ1) is 15.1. The monoisotopic (exact) mass is 338 g/mol. The smallest absolute Gasteiger partial charge is 0.255 e. The van der Waals surface area contributed by atoms with E-state index in [2.05, 4.69) is 10.2 Å². The van der Waals surface area contributed by atoms with Crippen LogP contribution in [-0.2, 0) is 0 Å². The number of rotatable bonds is 3. The van der Waals surface area contributed by atoms with Crippen LogP contribution in [0.25, 0.3) is 5.69 Å². The van der Waals surface area contributed by atoms with E-state index in [1.165, 1.54) is 0 Å². The van der Waals surface area contributed by atoms with Crippen molar-refractivity contribution in [3.63, 3.8) is 0 Å². The molecule has 1 atom stereocenters. The van der Waals surface area contributed by atoms with Crippen LogP contribution in [0.3, 0.4) is 0 Å². The summed E-state index contributed by atoms with van der Waals surface area (Å²) < 4.78 is 1.99. The van der Waals surface area contributed by atoms with Crippen LogP contribution in [0.4, 0.5) is 0 Å². The zero-order valence-electron chi connectivity index (χ0n) is 13.2. The molecule has 24 heavy (non-hydrogen) atoms. The van der Waals surface area contributed by atoms with Gasteiger partial charge in [0.05, 0.1) is 11.6 Å². The molecule has 0 N–H and O–H groups in total. The number of hydrogen-bond acceptors (Lipinski definition) is 4. The van der Waals surface area contributed by atoms with Crippen molar-refractivity contribution in [2.45, 2.75) is 25.3 Å². The summed E-state index contributed by atoms with van der Waals surface area (Å²) in [6.45, 7) is 0.765. The molecule has 4 rings (SSSR count). The molecule has 1 amide bonds. The minimum Gasteiger partial charge on any atom is -0.328 e. The lowest BCUT2D eigenvalue weighted by atomic mass is 10.0. The van der Waals surface area contributed by atoms with Gasteiger partial charge in [-0.1, -0.05) is 18.2 Å². The maximum Gasteiger partial charge on any atom is 0.255 e. The maximum atomic E-state index is 12.9. The second kappa shape index (κ2) is 6.57. The summed E-state index contributed by atoms with van der Waals surface area (Å²) in [5.74, 6) is 0.924. The van der Waals surface area contributed by atoms with Crippen LogP contribution in [0, 0.1) is 0 Å². The molecule has 0 unspecified atom stereocenters. The van der Waals surface area contributed by atoms with Gasteiger partial charge in [0.25, 0.3) is 5.91 Å². The van der Waals surface area contributed by atoms with Crippen molar-refractivity contribution >= 4 is 17.2 Å². The van der Waals surface area contributed by atoms with E-state index in [4.69, 9.17) is 0 Å². The van der Waals surface area contributed by atoms with Crippen molar-refractivity contribution < 1.29 is 4.79 Å². The van der Waals surface area contributed by atoms with Crippen molar-refractivity contribution in [2.24, 2.45) is 0 Å². The van der Waals surface area contributed by atoms with Gasteiger partial charge in [0.15, 0.2) is 5.82 Å². The van der Waals surface area contributed by atoms with Crippen molar-refractivity contribution in [3.05, 3.63) is 64.9 Å². The molecule has 1 fully saturated rings. The molecule has 1 aliphatic heterocycles. The van der Waals surface area contributed by atoms with Gasteiger partial charge in [-0.15, -0.1) is 10.2 Å². The number of carbonyl (C=O) groups excluding carboxylic acids is 1.